The first kappa shape index (κ1) is 8.26. The monoisotopic (exact) mass is 131 g/mol. The quantitative estimate of drug-likeness (QED) is 0.373. The number of hydrogen-bond donors (Lipinski definition) is 1. The number of hydrogen-bond acceptors (Lipinski definition) is 4. The van der Waals surface area contributed by atoms with Crippen molar-refractivity contribution in [2.24, 2.45) is 5.73 Å². The lowest BCUT2D eigenvalue weighted by Crippen LogP contribution is -2.19. The summed E-state index contributed by atoms with van der Waals surface area (Å²) in [7, 11) is 0. The first-order valence-corrected chi connectivity index (χ1v) is 2.54. The lowest BCUT2D eigenvalue weighted by molar-refractivity contribution is -0.123. The Morgan fingerprint density at radius 2 is 2.33 bits per heavy atom. The van der Waals surface area contributed by atoms with Gasteiger partial charge in [-0.3, -0.25) is 4.79 Å². The number of Topliss-reactive ketones (excluding diaryl/α,β-unsaturated/α-hetero) is 1. The van der Waals surface area contributed by atoms with E-state index in [4.69, 9.17) is 5.73 Å². The summed E-state index contributed by atoms with van der Waals surface area (Å²) in [5, 5.41) is 0. The van der Waals surface area contributed by atoms with Crippen LogP contribution in [0.15, 0.2) is 0 Å². The molecular formula is C5H9NO3. The Morgan fingerprint density at radius 1 is 1.67 bits per heavy atom. The van der Waals surface area contributed by atoms with Crippen molar-refractivity contribution in [1.82, 2.24) is 0 Å². The molecule has 0 saturated heterocycles. The van der Waals surface area contributed by atoms with Crippen molar-refractivity contribution in [1.29, 1.82) is 0 Å². The van der Waals surface area contributed by atoms with Gasteiger partial charge >= 0.3 is 0 Å². The van der Waals surface area contributed by atoms with Crippen molar-refractivity contribution in [2.75, 3.05) is 19.8 Å². The van der Waals surface area contributed by atoms with E-state index in [1.807, 2.05) is 0 Å². The van der Waals surface area contributed by atoms with Crippen LogP contribution < -0.4 is 5.73 Å². The molecule has 0 spiro atoms. The zero-order valence-electron chi connectivity index (χ0n) is 5.00. The SMILES string of the molecule is NCC(=O)COCC=O. The Bertz CT molecular complexity index is 102. The van der Waals surface area contributed by atoms with E-state index in [2.05, 4.69) is 4.74 Å². The Labute approximate surface area is 53.0 Å². The molecule has 9 heavy (non-hydrogen) atoms. The maximum Gasteiger partial charge on any atom is 0.171 e. The van der Waals surface area contributed by atoms with Gasteiger partial charge in [-0.15, -0.1) is 0 Å². The molecule has 4 nitrogen and oxygen atoms in total. The average molecular weight is 131 g/mol. The number of carbonyl (C=O) groups excluding carboxylic acids is 2. The normalized spacial score (nSPS) is 9.00. The van der Waals surface area contributed by atoms with Gasteiger partial charge in [-0.05, 0) is 0 Å². The fourth-order valence-electron chi connectivity index (χ4n) is 0.280. The molecule has 2 N–H and O–H groups in total. The molecule has 0 aliphatic heterocycles. The number of nitrogens with two attached hydrogens (primary N) is 1. The molecule has 0 aromatic heterocycles. The van der Waals surface area contributed by atoms with Crippen LogP contribution in [-0.4, -0.2) is 31.8 Å². The summed E-state index contributed by atoms with van der Waals surface area (Å²) in [6, 6.07) is 0. The number of rotatable bonds is 5. The molecule has 0 aliphatic rings. The van der Waals surface area contributed by atoms with Crippen molar-refractivity contribution < 1.29 is 14.3 Å². The minimum atomic E-state index is -0.197. The summed E-state index contributed by atoms with van der Waals surface area (Å²) >= 11 is 0. The van der Waals surface area contributed by atoms with E-state index in [-0.39, 0.29) is 25.5 Å². The molecule has 0 aromatic carbocycles. The molecule has 0 rings (SSSR count). The topological polar surface area (TPSA) is 69.4 Å². The van der Waals surface area contributed by atoms with Crippen molar-refractivity contribution in [3.05, 3.63) is 0 Å². The first-order valence-electron chi connectivity index (χ1n) is 2.54. The molecular weight excluding hydrogens is 122 g/mol. The maximum absolute atomic E-state index is 10.3. The van der Waals surface area contributed by atoms with E-state index in [0.29, 0.717) is 6.29 Å². The van der Waals surface area contributed by atoms with Gasteiger partial charge in [-0.1, -0.05) is 0 Å². The molecule has 0 amide bonds. The van der Waals surface area contributed by atoms with Crippen LogP contribution in [0.3, 0.4) is 0 Å². The Morgan fingerprint density at radius 3 is 2.78 bits per heavy atom. The first-order chi connectivity index (χ1) is 4.31. The lowest BCUT2D eigenvalue weighted by Gasteiger charge is -1.94. The van der Waals surface area contributed by atoms with Crippen LogP contribution in [0.2, 0.25) is 0 Å². The molecule has 52 valence electrons. The fraction of sp³-hybridized carbons (Fsp3) is 0.600. The van der Waals surface area contributed by atoms with Crippen molar-refractivity contribution >= 4 is 12.1 Å². The molecule has 4 heteroatoms. The highest BCUT2D eigenvalue weighted by molar-refractivity contribution is 5.81. The van der Waals surface area contributed by atoms with Crippen LogP contribution >= 0.6 is 0 Å². The lowest BCUT2D eigenvalue weighted by atomic mass is 10.4. The predicted molar refractivity (Wildman–Crippen MR) is 30.9 cm³/mol. The molecule has 0 bridgehead atoms. The molecule has 0 atom stereocenters. The average Bonchev–Trinajstić information content (AvgIpc) is 1.89. The summed E-state index contributed by atoms with van der Waals surface area (Å²) in [5.74, 6) is -0.197. The standard InChI is InChI=1S/C5H9NO3/c6-3-5(8)4-9-2-1-7/h1H,2-4,6H2. The van der Waals surface area contributed by atoms with Crippen LogP contribution in [0.4, 0.5) is 0 Å². The largest absolute Gasteiger partial charge is 0.366 e. The summed E-state index contributed by atoms with van der Waals surface area (Å²) in [6.45, 7) is -0.125. The second-order valence-corrected chi connectivity index (χ2v) is 1.42. The van der Waals surface area contributed by atoms with Crippen molar-refractivity contribution in [3.8, 4) is 0 Å². The molecule has 0 radical (unpaired) electrons. The predicted octanol–water partition coefficient (Wildman–Crippen LogP) is -1.27. The molecule has 0 aromatic rings. The van der Waals surface area contributed by atoms with Gasteiger partial charge in [-0.2, -0.15) is 0 Å². The van der Waals surface area contributed by atoms with Gasteiger partial charge in [0, 0.05) is 0 Å². The number of ether oxygens (including phenoxy) is 1. The van der Waals surface area contributed by atoms with Crippen molar-refractivity contribution in [3.63, 3.8) is 0 Å². The third kappa shape index (κ3) is 5.13. The zero-order chi connectivity index (χ0) is 7.11. The third-order valence-corrected chi connectivity index (χ3v) is 0.677. The molecule has 0 heterocycles. The molecule has 0 aliphatic carbocycles. The summed E-state index contributed by atoms with van der Waals surface area (Å²) in [6.07, 6.45) is 0.587. The van der Waals surface area contributed by atoms with Crippen LogP contribution in [0, 0.1) is 0 Å². The smallest absolute Gasteiger partial charge is 0.171 e. The summed E-state index contributed by atoms with van der Waals surface area (Å²) in [5.41, 5.74) is 4.94. The van der Waals surface area contributed by atoms with Crippen LogP contribution in [0.5, 0.6) is 0 Å². The van der Waals surface area contributed by atoms with Gasteiger partial charge in [0.05, 0.1) is 6.54 Å². The van der Waals surface area contributed by atoms with Gasteiger partial charge < -0.3 is 15.3 Å². The highest BCUT2D eigenvalue weighted by Crippen LogP contribution is 1.71. The molecule has 0 unspecified atom stereocenters. The van der Waals surface area contributed by atoms with Crippen LogP contribution in [-0.2, 0) is 14.3 Å². The van der Waals surface area contributed by atoms with Gasteiger partial charge in [0.25, 0.3) is 0 Å². The zero-order valence-corrected chi connectivity index (χ0v) is 5.00. The summed E-state index contributed by atoms with van der Waals surface area (Å²) in [4.78, 5) is 19.9. The van der Waals surface area contributed by atoms with Gasteiger partial charge in [0.1, 0.15) is 19.5 Å². The van der Waals surface area contributed by atoms with Gasteiger partial charge in [-0.25, -0.2) is 0 Å². The Hall–Kier alpha value is -0.740. The Balaban J connectivity index is 3.06. The number of carbonyl (C=O) groups is 2. The van der Waals surface area contributed by atoms with Crippen LogP contribution in [0.25, 0.3) is 0 Å². The highest BCUT2D eigenvalue weighted by atomic mass is 16.5. The van der Waals surface area contributed by atoms with E-state index >= 15 is 0 Å². The van der Waals surface area contributed by atoms with E-state index < -0.39 is 0 Å². The number of ketones is 1. The second kappa shape index (κ2) is 5.40. The van der Waals surface area contributed by atoms with E-state index in [1.165, 1.54) is 0 Å². The molecule has 0 saturated carbocycles. The Kier molecular flexibility index (Phi) is 4.95. The van der Waals surface area contributed by atoms with E-state index in [0.717, 1.165) is 0 Å². The minimum Gasteiger partial charge on any atom is -0.366 e. The van der Waals surface area contributed by atoms with Crippen molar-refractivity contribution in [2.45, 2.75) is 0 Å². The molecule has 0 fully saturated rings. The second-order valence-electron chi connectivity index (χ2n) is 1.42. The van der Waals surface area contributed by atoms with E-state index in [1.54, 1.807) is 0 Å². The van der Waals surface area contributed by atoms with Gasteiger partial charge in [0.15, 0.2) is 5.78 Å². The summed E-state index contributed by atoms with van der Waals surface area (Å²) < 4.78 is 4.54. The number of aldehydes is 1. The highest BCUT2D eigenvalue weighted by Gasteiger charge is 1.95. The minimum absolute atomic E-state index is 0.0289. The fourth-order valence-corrected chi connectivity index (χ4v) is 0.280. The third-order valence-electron chi connectivity index (χ3n) is 0.677. The van der Waals surface area contributed by atoms with Gasteiger partial charge in [0.2, 0.25) is 0 Å². The maximum atomic E-state index is 10.3. The van der Waals surface area contributed by atoms with Crippen LogP contribution in [0.1, 0.15) is 0 Å². The van der Waals surface area contributed by atoms with E-state index in [9.17, 15) is 9.59 Å².